The molecule has 0 radical (unpaired) electrons. The zero-order valence-corrected chi connectivity index (χ0v) is 26.3. The lowest BCUT2D eigenvalue weighted by Gasteiger charge is -2.29. The van der Waals surface area contributed by atoms with Crippen molar-refractivity contribution < 1.29 is 23.1 Å². The van der Waals surface area contributed by atoms with Gasteiger partial charge in [-0.2, -0.15) is 0 Å². The first-order valence-corrected chi connectivity index (χ1v) is 16.6. The molecule has 6 heteroatoms. The molecule has 214 valence electrons. The molecule has 0 saturated heterocycles. The molecule has 0 aliphatic heterocycles. The van der Waals surface area contributed by atoms with Crippen molar-refractivity contribution in [3.8, 4) is 17.2 Å². The second-order valence-electron chi connectivity index (χ2n) is 11.8. The molecule has 0 amide bonds. The summed E-state index contributed by atoms with van der Waals surface area (Å²) in [6.45, 7) is 15.0. The predicted octanol–water partition coefficient (Wildman–Crippen LogP) is 8.95. The number of methoxy groups -OCH3 is 1. The van der Waals surface area contributed by atoms with Crippen LogP contribution in [-0.4, -0.2) is 21.8 Å². The third-order valence-electron chi connectivity index (χ3n) is 7.60. The Labute approximate surface area is 245 Å². The Balaban J connectivity index is 1.41. The van der Waals surface area contributed by atoms with Gasteiger partial charge in [0, 0.05) is 23.9 Å². The Bertz CT molecular complexity index is 1450. The summed E-state index contributed by atoms with van der Waals surface area (Å²) in [6.07, 6.45) is -0.734. The Morgan fingerprint density at radius 3 is 1.22 bits per heavy atom. The Kier molecular flexibility index (Phi) is 8.64. The fourth-order valence-electron chi connectivity index (χ4n) is 4.85. The topological polar surface area (TPSA) is 54.0 Å². The zero-order chi connectivity index (χ0) is 29.8. The van der Waals surface area contributed by atoms with Crippen LogP contribution in [0, 0.1) is 6.92 Å². The molecule has 4 rings (SSSR count). The van der Waals surface area contributed by atoms with Crippen LogP contribution in [0.25, 0.3) is 0 Å². The summed E-state index contributed by atoms with van der Waals surface area (Å²) in [6, 6.07) is 32.7. The van der Waals surface area contributed by atoms with Gasteiger partial charge in [-0.05, 0) is 65.6 Å². The summed E-state index contributed by atoms with van der Waals surface area (Å²) in [4.78, 5) is 11.4. The summed E-state index contributed by atoms with van der Waals surface area (Å²) < 4.78 is 22.4. The molecule has 4 aromatic carbocycles. The number of carbonyl (C=O) groups is 1. The highest BCUT2D eigenvalue weighted by atomic mass is 28.4. The fourth-order valence-corrected chi connectivity index (χ4v) is 6.30. The van der Waals surface area contributed by atoms with Gasteiger partial charge in [-0.3, -0.25) is 0 Å². The molecule has 0 bridgehead atoms. The van der Waals surface area contributed by atoms with E-state index < -0.39 is 14.7 Å². The summed E-state index contributed by atoms with van der Waals surface area (Å²) >= 11 is 0. The van der Waals surface area contributed by atoms with Crippen molar-refractivity contribution in [2.75, 3.05) is 7.11 Å². The summed E-state index contributed by atoms with van der Waals surface area (Å²) in [5, 5.41) is 0. The van der Waals surface area contributed by atoms with Crippen LogP contribution in [-0.2, 0) is 15.6 Å². The second kappa shape index (κ2) is 11.8. The van der Waals surface area contributed by atoms with Gasteiger partial charge in [-0.1, -0.05) is 93.9 Å². The molecule has 0 saturated carbocycles. The van der Waals surface area contributed by atoms with Crippen molar-refractivity contribution in [1.82, 2.24) is 0 Å². The van der Waals surface area contributed by atoms with Crippen molar-refractivity contribution in [2.45, 2.75) is 58.5 Å². The van der Waals surface area contributed by atoms with Crippen molar-refractivity contribution in [1.29, 1.82) is 0 Å². The van der Waals surface area contributed by atoms with Gasteiger partial charge in [0.1, 0.15) is 17.2 Å². The lowest BCUT2D eigenvalue weighted by molar-refractivity contribution is 0.121. The molecule has 0 unspecified atom stereocenters. The molecule has 0 fully saturated rings. The fraction of sp³-hybridized carbons (Fsp3) is 0.286. The first-order valence-electron chi connectivity index (χ1n) is 13.8. The minimum Gasteiger partial charge on any atom is -0.512 e. The third kappa shape index (κ3) is 7.19. The van der Waals surface area contributed by atoms with Crippen molar-refractivity contribution >= 4 is 14.7 Å². The SMILES string of the molecule is COC(=O)Oc1ccc(C(C)(C)c2ccc(O[Si](C)(C)Oc3ccc(C(C)(C)c4ccc(C)cc4)cc3)cc2)cc1. The van der Waals surface area contributed by atoms with E-state index >= 15 is 0 Å². The maximum absolute atomic E-state index is 11.4. The smallest absolute Gasteiger partial charge is 0.512 e. The normalized spacial score (nSPS) is 12.0. The van der Waals surface area contributed by atoms with Crippen LogP contribution >= 0.6 is 0 Å². The minimum absolute atomic E-state index is 0.107. The van der Waals surface area contributed by atoms with Crippen LogP contribution in [0.4, 0.5) is 4.79 Å². The van der Waals surface area contributed by atoms with Gasteiger partial charge in [0.15, 0.2) is 0 Å². The molecule has 0 heterocycles. The van der Waals surface area contributed by atoms with Crippen LogP contribution in [0.5, 0.6) is 17.2 Å². The third-order valence-corrected chi connectivity index (χ3v) is 9.05. The number of ether oxygens (including phenoxy) is 2. The lowest BCUT2D eigenvalue weighted by atomic mass is 9.78. The van der Waals surface area contributed by atoms with E-state index in [1.807, 2.05) is 49.5 Å². The molecule has 0 aliphatic carbocycles. The number of hydrogen-bond donors (Lipinski definition) is 0. The van der Waals surface area contributed by atoms with Crippen LogP contribution < -0.4 is 13.6 Å². The van der Waals surface area contributed by atoms with Crippen LogP contribution in [0.15, 0.2) is 97.1 Å². The average molecular weight is 569 g/mol. The van der Waals surface area contributed by atoms with E-state index in [9.17, 15) is 4.79 Å². The Morgan fingerprint density at radius 1 is 0.561 bits per heavy atom. The number of hydrogen-bond acceptors (Lipinski definition) is 5. The van der Waals surface area contributed by atoms with Gasteiger partial charge in [-0.25, -0.2) is 4.79 Å². The van der Waals surface area contributed by atoms with E-state index in [0.717, 1.165) is 22.6 Å². The summed E-state index contributed by atoms with van der Waals surface area (Å²) in [5.74, 6) is 2.03. The first-order chi connectivity index (χ1) is 19.3. The molecule has 4 aromatic rings. The number of rotatable bonds is 9. The van der Waals surface area contributed by atoms with Crippen LogP contribution in [0.3, 0.4) is 0 Å². The highest BCUT2D eigenvalue weighted by Gasteiger charge is 2.30. The van der Waals surface area contributed by atoms with E-state index in [0.29, 0.717) is 5.75 Å². The standard InChI is InChI=1S/C35H40O5Si/c1-25-9-11-26(12-10-25)34(2,3)28-15-21-31(22-16-28)39-41(7,8)40-32-23-17-29(18-24-32)35(4,5)27-13-19-30(20-14-27)38-33(36)37-6/h9-24H,1-8H3. The molecular formula is C35H40O5Si. The maximum atomic E-state index is 11.4. The van der Waals surface area contributed by atoms with Gasteiger partial charge in [0.25, 0.3) is 0 Å². The molecule has 0 aromatic heterocycles. The van der Waals surface area contributed by atoms with Gasteiger partial charge >= 0.3 is 14.7 Å². The number of benzene rings is 4. The minimum atomic E-state index is -2.52. The van der Waals surface area contributed by atoms with E-state index in [1.54, 1.807) is 12.1 Å². The maximum Gasteiger partial charge on any atom is 0.513 e. The van der Waals surface area contributed by atoms with Crippen molar-refractivity contribution in [3.05, 3.63) is 125 Å². The quantitative estimate of drug-likeness (QED) is 0.115. The first kappa shape index (κ1) is 29.9. The van der Waals surface area contributed by atoms with E-state index in [-0.39, 0.29) is 10.8 Å². The molecule has 0 spiro atoms. The zero-order valence-electron chi connectivity index (χ0n) is 25.3. The predicted molar refractivity (Wildman–Crippen MR) is 167 cm³/mol. The van der Waals surface area contributed by atoms with Gasteiger partial charge < -0.3 is 18.3 Å². The second-order valence-corrected chi connectivity index (χ2v) is 15.1. The van der Waals surface area contributed by atoms with Crippen molar-refractivity contribution in [3.63, 3.8) is 0 Å². The Morgan fingerprint density at radius 2 is 0.878 bits per heavy atom. The van der Waals surface area contributed by atoms with Crippen LogP contribution in [0.1, 0.15) is 55.5 Å². The van der Waals surface area contributed by atoms with E-state index in [4.69, 9.17) is 13.6 Å². The molecule has 0 aliphatic rings. The summed E-state index contributed by atoms with van der Waals surface area (Å²) in [7, 11) is -1.23. The van der Waals surface area contributed by atoms with Gasteiger partial charge in [0.2, 0.25) is 0 Å². The lowest BCUT2D eigenvalue weighted by Crippen LogP contribution is -2.41. The van der Waals surface area contributed by atoms with Gasteiger partial charge in [-0.15, -0.1) is 0 Å². The van der Waals surface area contributed by atoms with E-state index in [2.05, 4.69) is 87.9 Å². The Hall–Kier alpha value is -4.03. The van der Waals surface area contributed by atoms with Crippen LogP contribution in [0.2, 0.25) is 13.1 Å². The molecule has 0 N–H and O–H groups in total. The average Bonchev–Trinajstić information content (AvgIpc) is 2.93. The molecule has 5 nitrogen and oxygen atoms in total. The van der Waals surface area contributed by atoms with E-state index in [1.165, 1.54) is 23.8 Å². The monoisotopic (exact) mass is 568 g/mol. The summed E-state index contributed by atoms with van der Waals surface area (Å²) in [5.41, 5.74) is 5.64. The van der Waals surface area contributed by atoms with Crippen molar-refractivity contribution in [2.24, 2.45) is 0 Å². The highest BCUT2D eigenvalue weighted by Crippen LogP contribution is 2.35. The number of carbonyl (C=O) groups excluding carboxylic acids is 1. The molecular weight excluding hydrogens is 528 g/mol. The largest absolute Gasteiger partial charge is 0.513 e. The molecule has 0 atom stereocenters. The molecule has 41 heavy (non-hydrogen) atoms. The highest BCUT2D eigenvalue weighted by molar-refractivity contribution is 6.66. The number of aryl methyl sites for hydroxylation is 1. The van der Waals surface area contributed by atoms with Gasteiger partial charge in [0.05, 0.1) is 7.11 Å².